The van der Waals surface area contributed by atoms with Gasteiger partial charge in [0.05, 0.1) is 12.7 Å². The van der Waals surface area contributed by atoms with Gasteiger partial charge in [-0.3, -0.25) is 4.79 Å². The number of aryl methyl sites for hydroxylation is 1. The molecule has 1 fully saturated rings. The van der Waals surface area contributed by atoms with Crippen LogP contribution in [0.2, 0.25) is 0 Å². The summed E-state index contributed by atoms with van der Waals surface area (Å²) in [5.41, 5.74) is 0.475. The van der Waals surface area contributed by atoms with Crippen LogP contribution in [-0.4, -0.2) is 23.6 Å². The molecule has 2 rings (SSSR count). The fourth-order valence-corrected chi connectivity index (χ4v) is 3.35. The highest BCUT2D eigenvalue weighted by Gasteiger charge is 2.50. The molecule has 0 aromatic heterocycles. The summed E-state index contributed by atoms with van der Waals surface area (Å²) in [6, 6.07) is 3.98. The standard InChI is InChI=1S/C16H21BrO3/c1-10-7-14(20-4)12(8-13(10)17)15(2)6-5-11(18)9-16(15,3)19/h7-8,19H,5-6,9H2,1-4H3/t15-,16?/m0/s1. The summed E-state index contributed by atoms with van der Waals surface area (Å²) >= 11 is 3.55. The number of hydrogen-bond donors (Lipinski definition) is 1. The van der Waals surface area contributed by atoms with Crippen LogP contribution >= 0.6 is 15.9 Å². The first-order chi connectivity index (χ1) is 9.21. The molecule has 2 atom stereocenters. The molecule has 110 valence electrons. The topological polar surface area (TPSA) is 46.5 Å². The number of aliphatic hydroxyl groups is 1. The molecule has 0 heterocycles. The summed E-state index contributed by atoms with van der Waals surface area (Å²) in [6.45, 7) is 5.76. The van der Waals surface area contributed by atoms with Gasteiger partial charge in [-0.15, -0.1) is 0 Å². The molecule has 0 radical (unpaired) electrons. The molecule has 0 amide bonds. The molecular weight excluding hydrogens is 320 g/mol. The molecule has 20 heavy (non-hydrogen) atoms. The van der Waals surface area contributed by atoms with E-state index in [4.69, 9.17) is 4.74 Å². The highest BCUT2D eigenvalue weighted by Crippen LogP contribution is 2.49. The van der Waals surface area contributed by atoms with E-state index in [1.54, 1.807) is 14.0 Å². The van der Waals surface area contributed by atoms with E-state index in [0.29, 0.717) is 12.8 Å². The molecule has 1 aromatic rings. The van der Waals surface area contributed by atoms with Crippen LogP contribution in [0.15, 0.2) is 16.6 Å². The molecule has 0 bridgehead atoms. The van der Waals surface area contributed by atoms with Crippen LogP contribution in [0.25, 0.3) is 0 Å². The van der Waals surface area contributed by atoms with E-state index in [1.165, 1.54) is 0 Å². The van der Waals surface area contributed by atoms with Gasteiger partial charge in [0.25, 0.3) is 0 Å². The SMILES string of the molecule is COc1cc(C)c(Br)cc1[C@]1(C)CCC(=O)CC1(C)O. The van der Waals surface area contributed by atoms with Crippen LogP contribution < -0.4 is 4.74 Å². The Morgan fingerprint density at radius 3 is 2.55 bits per heavy atom. The molecule has 0 aliphatic heterocycles. The van der Waals surface area contributed by atoms with Gasteiger partial charge in [0, 0.05) is 28.3 Å². The number of halogens is 1. The van der Waals surface area contributed by atoms with E-state index < -0.39 is 11.0 Å². The maximum Gasteiger partial charge on any atom is 0.135 e. The first-order valence-electron chi connectivity index (χ1n) is 6.80. The highest BCUT2D eigenvalue weighted by atomic mass is 79.9. The first-order valence-corrected chi connectivity index (χ1v) is 7.59. The Morgan fingerprint density at radius 2 is 2.00 bits per heavy atom. The Morgan fingerprint density at radius 1 is 1.35 bits per heavy atom. The van der Waals surface area contributed by atoms with Crippen molar-refractivity contribution in [2.75, 3.05) is 7.11 Å². The molecule has 0 spiro atoms. The molecule has 1 saturated carbocycles. The van der Waals surface area contributed by atoms with Gasteiger partial charge in [-0.2, -0.15) is 0 Å². The van der Waals surface area contributed by atoms with Crippen molar-refractivity contribution in [1.82, 2.24) is 0 Å². The lowest BCUT2D eigenvalue weighted by Gasteiger charge is -2.46. The van der Waals surface area contributed by atoms with Crippen molar-refractivity contribution in [3.05, 3.63) is 27.7 Å². The van der Waals surface area contributed by atoms with Crippen LogP contribution in [0.5, 0.6) is 5.75 Å². The van der Waals surface area contributed by atoms with Gasteiger partial charge < -0.3 is 9.84 Å². The molecule has 1 unspecified atom stereocenters. The number of ether oxygens (including phenoxy) is 1. The Hall–Kier alpha value is -0.870. The number of carbonyl (C=O) groups is 1. The lowest BCUT2D eigenvalue weighted by Crippen LogP contribution is -2.52. The lowest BCUT2D eigenvalue weighted by molar-refractivity contribution is -0.133. The summed E-state index contributed by atoms with van der Waals surface area (Å²) in [4.78, 5) is 11.7. The van der Waals surface area contributed by atoms with Gasteiger partial charge >= 0.3 is 0 Å². The van der Waals surface area contributed by atoms with E-state index in [1.807, 2.05) is 26.0 Å². The average Bonchev–Trinajstić information content (AvgIpc) is 2.36. The molecule has 1 aliphatic rings. The molecule has 1 aromatic carbocycles. The minimum atomic E-state index is -1.07. The number of Topliss-reactive ketones (excluding diaryl/α,β-unsaturated/α-hetero) is 1. The number of ketones is 1. The van der Waals surface area contributed by atoms with Crippen LogP contribution in [0.3, 0.4) is 0 Å². The first kappa shape index (κ1) is 15.5. The van der Waals surface area contributed by atoms with Crippen molar-refractivity contribution >= 4 is 21.7 Å². The largest absolute Gasteiger partial charge is 0.496 e. The molecule has 4 heteroatoms. The third-order valence-electron chi connectivity index (χ3n) is 4.71. The monoisotopic (exact) mass is 340 g/mol. The van der Waals surface area contributed by atoms with Crippen molar-refractivity contribution < 1.29 is 14.6 Å². The van der Waals surface area contributed by atoms with Gasteiger partial charge in [0.2, 0.25) is 0 Å². The minimum absolute atomic E-state index is 0.123. The van der Waals surface area contributed by atoms with Crippen molar-refractivity contribution in [3.63, 3.8) is 0 Å². The van der Waals surface area contributed by atoms with Gasteiger partial charge in [0.15, 0.2) is 0 Å². The average molecular weight is 341 g/mol. The summed E-state index contributed by atoms with van der Waals surface area (Å²) in [7, 11) is 1.64. The smallest absolute Gasteiger partial charge is 0.135 e. The quantitative estimate of drug-likeness (QED) is 0.895. The fourth-order valence-electron chi connectivity index (χ4n) is 3.01. The summed E-state index contributed by atoms with van der Waals surface area (Å²) in [5, 5.41) is 10.8. The van der Waals surface area contributed by atoms with E-state index in [-0.39, 0.29) is 12.2 Å². The van der Waals surface area contributed by atoms with Crippen molar-refractivity contribution in [1.29, 1.82) is 0 Å². The van der Waals surface area contributed by atoms with Crippen molar-refractivity contribution in [2.45, 2.75) is 51.0 Å². The van der Waals surface area contributed by atoms with E-state index in [9.17, 15) is 9.90 Å². The van der Waals surface area contributed by atoms with Crippen LogP contribution in [0.4, 0.5) is 0 Å². The second kappa shape index (κ2) is 5.15. The summed E-state index contributed by atoms with van der Waals surface area (Å²) < 4.78 is 6.49. The van der Waals surface area contributed by atoms with Gasteiger partial charge in [0.1, 0.15) is 11.5 Å². The summed E-state index contributed by atoms with van der Waals surface area (Å²) in [5.74, 6) is 0.889. The maximum atomic E-state index is 11.7. The number of methoxy groups -OCH3 is 1. The zero-order valence-electron chi connectivity index (χ0n) is 12.4. The Labute approximate surface area is 128 Å². The van der Waals surface area contributed by atoms with E-state index >= 15 is 0 Å². The number of hydrogen-bond acceptors (Lipinski definition) is 3. The number of carbonyl (C=O) groups excluding carboxylic acids is 1. The Kier molecular flexibility index (Phi) is 4.00. The van der Waals surface area contributed by atoms with Gasteiger partial charge in [-0.25, -0.2) is 0 Å². The highest BCUT2D eigenvalue weighted by molar-refractivity contribution is 9.10. The molecule has 1 N–H and O–H groups in total. The van der Waals surface area contributed by atoms with Gasteiger partial charge in [-0.1, -0.05) is 22.9 Å². The van der Waals surface area contributed by atoms with Gasteiger partial charge in [-0.05, 0) is 38.0 Å². The van der Waals surface area contributed by atoms with E-state index in [0.717, 1.165) is 21.3 Å². The normalized spacial score (nSPS) is 30.4. The predicted molar refractivity (Wildman–Crippen MR) is 82.3 cm³/mol. The second-order valence-electron chi connectivity index (χ2n) is 6.12. The minimum Gasteiger partial charge on any atom is -0.496 e. The zero-order chi connectivity index (χ0) is 15.1. The van der Waals surface area contributed by atoms with Crippen LogP contribution in [0.1, 0.15) is 44.2 Å². The third-order valence-corrected chi connectivity index (χ3v) is 5.56. The third kappa shape index (κ3) is 2.40. The maximum absolute atomic E-state index is 11.7. The zero-order valence-corrected chi connectivity index (χ0v) is 14.0. The summed E-state index contributed by atoms with van der Waals surface area (Å²) in [6.07, 6.45) is 1.32. The molecule has 1 aliphatic carbocycles. The van der Waals surface area contributed by atoms with Crippen LogP contribution in [-0.2, 0) is 10.2 Å². The molecule has 3 nitrogen and oxygen atoms in total. The van der Waals surface area contributed by atoms with Crippen molar-refractivity contribution in [3.8, 4) is 5.75 Å². The van der Waals surface area contributed by atoms with Crippen LogP contribution in [0, 0.1) is 6.92 Å². The predicted octanol–water partition coefficient (Wildman–Crippen LogP) is 3.53. The Bertz CT molecular complexity index is 551. The number of benzene rings is 1. The number of rotatable bonds is 2. The Balaban J connectivity index is 2.59. The fraction of sp³-hybridized carbons (Fsp3) is 0.562. The molecule has 0 saturated heterocycles. The lowest BCUT2D eigenvalue weighted by atomic mass is 9.61. The molecular formula is C16H21BrO3. The second-order valence-corrected chi connectivity index (χ2v) is 6.98. The van der Waals surface area contributed by atoms with E-state index in [2.05, 4.69) is 15.9 Å². The van der Waals surface area contributed by atoms with Crippen molar-refractivity contribution in [2.24, 2.45) is 0 Å².